The minimum atomic E-state index is -0.382. The predicted octanol–water partition coefficient (Wildman–Crippen LogP) is 5.22. The van der Waals surface area contributed by atoms with Gasteiger partial charge < -0.3 is 0 Å². The van der Waals surface area contributed by atoms with E-state index >= 15 is 0 Å². The molecule has 0 aliphatic rings. The Morgan fingerprint density at radius 1 is 0.800 bits per heavy atom. The van der Waals surface area contributed by atoms with E-state index < -0.39 is 0 Å². The van der Waals surface area contributed by atoms with Gasteiger partial charge in [0, 0.05) is 11.0 Å². The highest BCUT2D eigenvalue weighted by Gasteiger charge is 2.26. The maximum Gasteiger partial charge on any atom is 0.169 e. The highest BCUT2D eigenvalue weighted by atomic mass is 16.1. The van der Waals surface area contributed by atoms with E-state index in [1.165, 1.54) is 0 Å². The van der Waals surface area contributed by atoms with E-state index in [1.54, 1.807) is 0 Å². The van der Waals surface area contributed by atoms with Crippen LogP contribution in [0.15, 0.2) is 54.6 Å². The normalized spacial score (nSPS) is 11.9. The molecule has 1 heteroatoms. The Morgan fingerprint density at radius 2 is 1.25 bits per heavy atom. The van der Waals surface area contributed by atoms with Gasteiger partial charge in [-0.1, -0.05) is 69.3 Å². The monoisotopic (exact) mass is 262 g/mol. The number of hydrogen-bond donors (Lipinski definition) is 0. The fraction of sp³-hybridized carbons (Fsp3) is 0.211. The molecule has 0 amide bonds. The van der Waals surface area contributed by atoms with Gasteiger partial charge in [-0.2, -0.15) is 0 Å². The van der Waals surface area contributed by atoms with Crippen LogP contribution in [0.4, 0.5) is 0 Å². The topological polar surface area (TPSA) is 17.1 Å². The van der Waals surface area contributed by atoms with Gasteiger partial charge in [0.2, 0.25) is 0 Å². The van der Waals surface area contributed by atoms with E-state index in [0.717, 1.165) is 27.1 Å². The lowest BCUT2D eigenvalue weighted by molar-refractivity contribution is 0.0862. The molecule has 0 saturated heterocycles. The van der Waals surface area contributed by atoms with Crippen LogP contribution >= 0.6 is 0 Å². The SMILES string of the molecule is CC(C)(C)C(=O)c1c2ccccc2cc2ccccc12. The second kappa shape index (κ2) is 4.45. The van der Waals surface area contributed by atoms with Crippen molar-refractivity contribution < 1.29 is 4.79 Å². The molecular formula is C19H18O. The summed E-state index contributed by atoms with van der Waals surface area (Å²) in [5.74, 6) is 0.200. The number of carbonyl (C=O) groups excluding carboxylic acids is 1. The smallest absolute Gasteiger partial charge is 0.169 e. The molecule has 0 aliphatic heterocycles. The minimum Gasteiger partial charge on any atom is -0.294 e. The van der Waals surface area contributed by atoms with E-state index in [0.29, 0.717) is 0 Å². The first-order valence-corrected chi connectivity index (χ1v) is 6.94. The molecule has 20 heavy (non-hydrogen) atoms. The van der Waals surface area contributed by atoms with Gasteiger partial charge in [-0.15, -0.1) is 0 Å². The zero-order chi connectivity index (χ0) is 14.3. The van der Waals surface area contributed by atoms with Crippen molar-refractivity contribution in [3.63, 3.8) is 0 Å². The number of benzene rings is 3. The average Bonchev–Trinajstić information content (AvgIpc) is 2.43. The van der Waals surface area contributed by atoms with Crippen molar-refractivity contribution in [1.29, 1.82) is 0 Å². The summed E-state index contributed by atoms with van der Waals surface area (Å²) < 4.78 is 0. The van der Waals surface area contributed by atoms with Gasteiger partial charge in [0.05, 0.1) is 0 Å². The molecule has 0 radical (unpaired) electrons. The van der Waals surface area contributed by atoms with Gasteiger partial charge >= 0.3 is 0 Å². The average molecular weight is 262 g/mol. The van der Waals surface area contributed by atoms with Crippen LogP contribution in [-0.2, 0) is 0 Å². The highest BCUT2D eigenvalue weighted by Crippen LogP contribution is 2.33. The largest absolute Gasteiger partial charge is 0.294 e. The van der Waals surface area contributed by atoms with Gasteiger partial charge in [-0.05, 0) is 27.6 Å². The number of rotatable bonds is 1. The lowest BCUT2D eigenvalue weighted by Crippen LogP contribution is -2.20. The van der Waals surface area contributed by atoms with Gasteiger partial charge in [0.1, 0.15) is 0 Å². The number of carbonyl (C=O) groups is 1. The van der Waals surface area contributed by atoms with E-state index in [-0.39, 0.29) is 11.2 Å². The van der Waals surface area contributed by atoms with Gasteiger partial charge in [-0.3, -0.25) is 4.79 Å². The fourth-order valence-electron chi connectivity index (χ4n) is 2.63. The van der Waals surface area contributed by atoms with Crippen molar-refractivity contribution in [3.05, 3.63) is 60.2 Å². The van der Waals surface area contributed by atoms with Crippen molar-refractivity contribution in [2.24, 2.45) is 5.41 Å². The molecule has 0 saturated carbocycles. The standard InChI is InChI=1S/C19H18O/c1-19(2,3)18(20)17-15-10-6-4-8-13(15)12-14-9-5-7-11-16(14)17/h4-12H,1-3H3. The Kier molecular flexibility index (Phi) is 2.86. The summed E-state index contributed by atoms with van der Waals surface area (Å²) in [4.78, 5) is 12.9. The Labute approximate surface area is 119 Å². The number of Topliss-reactive ketones (excluding diaryl/α,β-unsaturated/α-hetero) is 1. The Bertz CT molecular complexity index is 753. The maximum atomic E-state index is 12.9. The summed E-state index contributed by atoms with van der Waals surface area (Å²) in [6.07, 6.45) is 0. The molecule has 0 N–H and O–H groups in total. The van der Waals surface area contributed by atoms with E-state index in [2.05, 4.69) is 18.2 Å². The molecule has 0 bridgehead atoms. The molecular weight excluding hydrogens is 244 g/mol. The zero-order valence-electron chi connectivity index (χ0n) is 12.1. The second-order valence-corrected chi connectivity index (χ2v) is 6.27. The third-order valence-electron chi connectivity index (χ3n) is 3.68. The first-order chi connectivity index (χ1) is 9.48. The molecule has 100 valence electrons. The minimum absolute atomic E-state index is 0.200. The van der Waals surface area contributed by atoms with Crippen molar-refractivity contribution in [3.8, 4) is 0 Å². The Hall–Kier alpha value is -2.15. The van der Waals surface area contributed by atoms with Crippen LogP contribution in [-0.4, -0.2) is 5.78 Å². The molecule has 1 nitrogen and oxygen atoms in total. The van der Waals surface area contributed by atoms with E-state index in [1.807, 2.05) is 57.2 Å². The third-order valence-corrected chi connectivity index (χ3v) is 3.68. The summed E-state index contributed by atoms with van der Waals surface area (Å²) in [5.41, 5.74) is 0.471. The molecule has 3 aromatic rings. The molecule has 0 aromatic heterocycles. The summed E-state index contributed by atoms with van der Waals surface area (Å²) in [6.45, 7) is 5.93. The fourth-order valence-corrected chi connectivity index (χ4v) is 2.63. The molecule has 0 unspecified atom stereocenters. The zero-order valence-corrected chi connectivity index (χ0v) is 12.1. The number of ketones is 1. The molecule has 3 aromatic carbocycles. The third kappa shape index (κ3) is 2.00. The molecule has 0 fully saturated rings. The number of fused-ring (bicyclic) bond motifs is 2. The molecule has 0 spiro atoms. The van der Waals surface area contributed by atoms with Crippen molar-refractivity contribution in [2.45, 2.75) is 20.8 Å². The molecule has 0 aliphatic carbocycles. The van der Waals surface area contributed by atoms with E-state index in [9.17, 15) is 4.79 Å². The maximum absolute atomic E-state index is 12.9. The summed E-state index contributed by atoms with van der Waals surface area (Å²) in [5, 5.41) is 4.34. The van der Waals surface area contributed by atoms with Crippen LogP contribution < -0.4 is 0 Å². The molecule has 0 atom stereocenters. The first-order valence-electron chi connectivity index (χ1n) is 6.94. The summed E-state index contributed by atoms with van der Waals surface area (Å²) >= 11 is 0. The lowest BCUT2D eigenvalue weighted by Gasteiger charge is -2.20. The van der Waals surface area contributed by atoms with Crippen LogP contribution in [0, 0.1) is 5.41 Å². The van der Waals surface area contributed by atoms with Crippen LogP contribution in [0.3, 0.4) is 0 Å². The van der Waals surface area contributed by atoms with Crippen molar-refractivity contribution in [2.75, 3.05) is 0 Å². The Balaban J connectivity index is 2.49. The predicted molar refractivity (Wildman–Crippen MR) is 85.2 cm³/mol. The lowest BCUT2D eigenvalue weighted by atomic mass is 9.82. The van der Waals surface area contributed by atoms with Gasteiger partial charge in [0.25, 0.3) is 0 Å². The van der Waals surface area contributed by atoms with Crippen molar-refractivity contribution >= 4 is 27.3 Å². The number of hydrogen-bond acceptors (Lipinski definition) is 1. The summed E-state index contributed by atoms with van der Waals surface area (Å²) in [6, 6.07) is 18.4. The van der Waals surface area contributed by atoms with Crippen LogP contribution in [0.25, 0.3) is 21.5 Å². The van der Waals surface area contributed by atoms with Crippen LogP contribution in [0.1, 0.15) is 31.1 Å². The van der Waals surface area contributed by atoms with E-state index in [4.69, 9.17) is 0 Å². The highest BCUT2D eigenvalue weighted by molar-refractivity contribution is 6.20. The van der Waals surface area contributed by atoms with Crippen molar-refractivity contribution in [1.82, 2.24) is 0 Å². The van der Waals surface area contributed by atoms with Crippen LogP contribution in [0.5, 0.6) is 0 Å². The molecule has 0 heterocycles. The van der Waals surface area contributed by atoms with Crippen LogP contribution in [0.2, 0.25) is 0 Å². The first kappa shape index (κ1) is 12.9. The Morgan fingerprint density at radius 3 is 1.70 bits per heavy atom. The van der Waals surface area contributed by atoms with Gasteiger partial charge in [0.15, 0.2) is 5.78 Å². The molecule has 3 rings (SSSR count). The van der Waals surface area contributed by atoms with Gasteiger partial charge in [-0.25, -0.2) is 0 Å². The second-order valence-electron chi connectivity index (χ2n) is 6.27. The quantitative estimate of drug-likeness (QED) is 0.434. The summed E-state index contributed by atoms with van der Waals surface area (Å²) in [7, 11) is 0.